The average molecular weight is 359 g/mol. The molecule has 1 aliphatic rings. The number of morpholine rings is 1. The monoisotopic (exact) mass is 358 g/mol. The summed E-state index contributed by atoms with van der Waals surface area (Å²) in [5.41, 5.74) is 1.17. The molecule has 2 atom stereocenters. The van der Waals surface area contributed by atoms with Gasteiger partial charge in [-0.3, -0.25) is 9.58 Å². The Balaban J connectivity index is 2.25. The van der Waals surface area contributed by atoms with Crippen LogP contribution in [0.5, 0.6) is 0 Å². The maximum Gasteiger partial charge on any atom is 0.0912 e. The van der Waals surface area contributed by atoms with Gasteiger partial charge in [0.2, 0.25) is 0 Å². The third kappa shape index (κ3) is 3.67. The largest absolute Gasteiger partial charge is 0.374 e. The van der Waals surface area contributed by atoms with Crippen molar-refractivity contribution in [3.05, 3.63) is 16.4 Å². The van der Waals surface area contributed by atoms with E-state index < -0.39 is 0 Å². The van der Waals surface area contributed by atoms with E-state index in [4.69, 9.17) is 4.74 Å². The second-order valence-corrected chi connectivity index (χ2v) is 7.03. The lowest BCUT2D eigenvalue weighted by Crippen LogP contribution is -2.50. The van der Waals surface area contributed by atoms with Crippen LogP contribution in [0.25, 0.3) is 0 Å². The van der Waals surface area contributed by atoms with Gasteiger partial charge in [0, 0.05) is 25.2 Å². The first-order valence-electron chi connectivity index (χ1n) is 7.71. The highest BCUT2D eigenvalue weighted by Crippen LogP contribution is 2.30. The van der Waals surface area contributed by atoms with E-state index in [1.807, 2.05) is 13.2 Å². The van der Waals surface area contributed by atoms with Gasteiger partial charge >= 0.3 is 0 Å². The van der Waals surface area contributed by atoms with E-state index >= 15 is 0 Å². The summed E-state index contributed by atoms with van der Waals surface area (Å²) in [7, 11) is 1.99. The van der Waals surface area contributed by atoms with Crippen molar-refractivity contribution in [2.45, 2.75) is 51.9 Å². The molecule has 0 aliphatic carbocycles. The highest BCUT2D eigenvalue weighted by Gasteiger charge is 2.33. The third-order valence-electron chi connectivity index (χ3n) is 4.11. The first-order valence-corrected chi connectivity index (χ1v) is 8.50. The van der Waals surface area contributed by atoms with Crippen molar-refractivity contribution in [3.63, 3.8) is 0 Å². The molecule has 1 aromatic rings. The van der Waals surface area contributed by atoms with Gasteiger partial charge in [-0.1, -0.05) is 0 Å². The lowest BCUT2D eigenvalue weighted by atomic mass is 10.0. The number of aromatic nitrogens is 2. The Morgan fingerprint density at radius 2 is 2.05 bits per heavy atom. The summed E-state index contributed by atoms with van der Waals surface area (Å²) < 4.78 is 9.17. The molecule has 1 N–H and O–H groups in total. The minimum absolute atomic E-state index is 0.130. The molecular formula is C15H27BrN4O. The Labute approximate surface area is 136 Å². The Morgan fingerprint density at radius 1 is 1.33 bits per heavy atom. The van der Waals surface area contributed by atoms with Crippen LogP contribution in [0.1, 0.15) is 45.5 Å². The Bertz CT molecular complexity index is 461. The molecule has 1 aromatic heterocycles. The standard InChI is InChI=1S/C15H27BrN4O/c1-10(2)19-6-7-21-13(9-19)14(17-5)15-12(16)8-18-20(15)11(3)4/h8,10-11,13-14,17H,6-7,9H2,1-5H3. The maximum absolute atomic E-state index is 6.06. The Kier molecular flexibility index (Phi) is 5.82. The molecule has 5 nitrogen and oxygen atoms in total. The molecule has 2 unspecified atom stereocenters. The number of halogens is 1. The summed E-state index contributed by atoms with van der Waals surface area (Å²) in [6, 6.07) is 1.00. The number of rotatable bonds is 5. The highest BCUT2D eigenvalue weighted by atomic mass is 79.9. The molecule has 0 aromatic carbocycles. The van der Waals surface area contributed by atoms with Crippen molar-refractivity contribution in [1.82, 2.24) is 20.0 Å². The molecule has 21 heavy (non-hydrogen) atoms. The van der Waals surface area contributed by atoms with E-state index in [0.29, 0.717) is 12.1 Å². The van der Waals surface area contributed by atoms with Gasteiger partial charge in [0.25, 0.3) is 0 Å². The zero-order valence-electron chi connectivity index (χ0n) is 13.6. The van der Waals surface area contributed by atoms with Gasteiger partial charge in [-0.2, -0.15) is 5.10 Å². The van der Waals surface area contributed by atoms with Crippen LogP contribution in [0, 0.1) is 0 Å². The van der Waals surface area contributed by atoms with Crippen LogP contribution >= 0.6 is 15.9 Å². The van der Waals surface area contributed by atoms with Gasteiger partial charge in [-0.15, -0.1) is 0 Å². The van der Waals surface area contributed by atoms with E-state index in [1.165, 1.54) is 5.69 Å². The van der Waals surface area contributed by atoms with Crippen LogP contribution in [0.2, 0.25) is 0 Å². The molecule has 1 saturated heterocycles. The normalized spacial score (nSPS) is 22.2. The summed E-state index contributed by atoms with van der Waals surface area (Å²) in [6.07, 6.45) is 2.01. The lowest BCUT2D eigenvalue weighted by molar-refractivity contribution is -0.0564. The maximum atomic E-state index is 6.06. The minimum Gasteiger partial charge on any atom is -0.374 e. The number of hydrogen-bond donors (Lipinski definition) is 1. The number of nitrogens with zero attached hydrogens (tertiary/aromatic N) is 3. The summed E-state index contributed by atoms with van der Waals surface area (Å²) in [5.74, 6) is 0. The highest BCUT2D eigenvalue weighted by molar-refractivity contribution is 9.10. The van der Waals surface area contributed by atoms with Crippen LogP contribution < -0.4 is 5.32 Å². The molecule has 120 valence electrons. The quantitative estimate of drug-likeness (QED) is 0.878. The Hall–Kier alpha value is -0.430. The molecule has 0 amide bonds. The van der Waals surface area contributed by atoms with Crippen molar-refractivity contribution in [2.24, 2.45) is 0 Å². The van der Waals surface area contributed by atoms with Gasteiger partial charge in [-0.25, -0.2) is 0 Å². The SMILES string of the molecule is CNC(c1c(Br)cnn1C(C)C)C1CN(C(C)C)CCO1. The summed E-state index contributed by atoms with van der Waals surface area (Å²) in [6.45, 7) is 11.5. The van der Waals surface area contributed by atoms with E-state index in [-0.39, 0.29) is 12.1 Å². The molecule has 0 spiro atoms. The predicted octanol–water partition coefficient (Wildman–Crippen LogP) is 2.60. The van der Waals surface area contributed by atoms with Crippen molar-refractivity contribution < 1.29 is 4.74 Å². The fourth-order valence-electron chi connectivity index (χ4n) is 2.92. The fraction of sp³-hybridized carbons (Fsp3) is 0.800. The zero-order valence-corrected chi connectivity index (χ0v) is 15.2. The molecule has 1 aliphatic heterocycles. The molecular weight excluding hydrogens is 332 g/mol. The number of likely N-dealkylation sites (N-methyl/N-ethyl adjacent to an activating group) is 1. The summed E-state index contributed by atoms with van der Waals surface area (Å²) in [4.78, 5) is 2.47. The molecule has 1 fully saturated rings. The third-order valence-corrected chi connectivity index (χ3v) is 4.72. The summed E-state index contributed by atoms with van der Waals surface area (Å²) >= 11 is 3.65. The number of nitrogens with one attached hydrogen (secondary N) is 1. The Morgan fingerprint density at radius 3 is 2.62 bits per heavy atom. The van der Waals surface area contributed by atoms with Crippen LogP contribution in [0.3, 0.4) is 0 Å². The van der Waals surface area contributed by atoms with Crippen LogP contribution in [-0.4, -0.2) is 53.6 Å². The predicted molar refractivity (Wildman–Crippen MR) is 88.6 cm³/mol. The van der Waals surface area contributed by atoms with Gasteiger partial charge in [0.15, 0.2) is 0 Å². The van der Waals surface area contributed by atoms with Gasteiger partial charge < -0.3 is 10.1 Å². The first kappa shape index (κ1) is 16.9. The van der Waals surface area contributed by atoms with Gasteiger partial charge in [0.1, 0.15) is 0 Å². The lowest BCUT2D eigenvalue weighted by Gasteiger charge is -2.39. The molecule has 0 radical (unpaired) electrons. The molecule has 0 saturated carbocycles. The van der Waals surface area contributed by atoms with Gasteiger partial charge in [0.05, 0.1) is 35.1 Å². The smallest absolute Gasteiger partial charge is 0.0912 e. The average Bonchev–Trinajstić information content (AvgIpc) is 2.82. The minimum atomic E-state index is 0.130. The van der Waals surface area contributed by atoms with Crippen LogP contribution in [0.4, 0.5) is 0 Å². The van der Waals surface area contributed by atoms with Gasteiger partial charge in [-0.05, 0) is 50.7 Å². The fourth-order valence-corrected chi connectivity index (χ4v) is 3.44. The van der Waals surface area contributed by atoms with Crippen LogP contribution in [-0.2, 0) is 4.74 Å². The van der Waals surface area contributed by atoms with Crippen molar-refractivity contribution in [3.8, 4) is 0 Å². The van der Waals surface area contributed by atoms with Crippen molar-refractivity contribution in [1.29, 1.82) is 0 Å². The van der Waals surface area contributed by atoms with E-state index in [2.05, 4.69) is 63.6 Å². The molecule has 6 heteroatoms. The van der Waals surface area contributed by atoms with E-state index in [1.54, 1.807) is 0 Å². The second kappa shape index (κ2) is 7.22. The summed E-state index contributed by atoms with van der Waals surface area (Å²) in [5, 5.41) is 7.92. The molecule has 2 rings (SSSR count). The van der Waals surface area contributed by atoms with Crippen molar-refractivity contribution in [2.75, 3.05) is 26.7 Å². The van der Waals surface area contributed by atoms with Crippen LogP contribution in [0.15, 0.2) is 10.7 Å². The first-order chi connectivity index (χ1) is 9.95. The zero-order chi connectivity index (χ0) is 15.6. The molecule has 2 heterocycles. The number of ether oxygens (including phenoxy) is 1. The van der Waals surface area contributed by atoms with Crippen molar-refractivity contribution >= 4 is 15.9 Å². The van der Waals surface area contributed by atoms with E-state index in [0.717, 1.165) is 24.2 Å². The number of hydrogen-bond acceptors (Lipinski definition) is 4. The molecule has 0 bridgehead atoms. The second-order valence-electron chi connectivity index (χ2n) is 6.18. The van der Waals surface area contributed by atoms with E-state index in [9.17, 15) is 0 Å². The topological polar surface area (TPSA) is 42.3 Å².